The number of benzene rings is 2. The van der Waals surface area contributed by atoms with Gasteiger partial charge < -0.3 is 9.64 Å². The fraction of sp³-hybridized carbons (Fsp3) is 0.286. The molecular weight excluding hydrogens is 334 g/mol. The molecule has 0 N–H and O–H groups in total. The van der Waals surface area contributed by atoms with Gasteiger partial charge in [-0.1, -0.05) is 29.3 Å². The van der Waals surface area contributed by atoms with Crippen LogP contribution < -0.4 is 9.64 Å². The molecule has 0 bridgehead atoms. The molecule has 0 saturated heterocycles. The SMILES string of the molecule is COc1ccc2c(c1)CCN(c1ccc(CC=C(C)C)c(Cl)c1)C2=O. The zero-order valence-electron chi connectivity index (χ0n) is 14.8. The first-order chi connectivity index (χ1) is 12.0. The summed E-state index contributed by atoms with van der Waals surface area (Å²) in [5, 5.41) is 0.698. The Morgan fingerprint density at radius 1 is 1.24 bits per heavy atom. The summed E-state index contributed by atoms with van der Waals surface area (Å²) in [5.41, 5.74) is 4.95. The molecule has 0 aliphatic carbocycles. The van der Waals surface area contributed by atoms with Crippen LogP contribution in [0.15, 0.2) is 48.0 Å². The third kappa shape index (κ3) is 3.72. The zero-order valence-corrected chi connectivity index (χ0v) is 15.6. The summed E-state index contributed by atoms with van der Waals surface area (Å²) >= 11 is 6.44. The van der Waals surface area contributed by atoms with Gasteiger partial charge >= 0.3 is 0 Å². The van der Waals surface area contributed by atoms with Gasteiger partial charge in [0.05, 0.1) is 7.11 Å². The van der Waals surface area contributed by atoms with Gasteiger partial charge in [0, 0.05) is 22.8 Å². The van der Waals surface area contributed by atoms with Crippen molar-refractivity contribution < 1.29 is 9.53 Å². The van der Waals surface area contributed by atoms with Gasteiger partial charge in [-0.15, -0.1) is 0 Å². The van der Waals surface area contributed by atoms with Crippen molar-refractivity contribution in [3.8, 4) is 5.75 Å². The average molecular weight is 356 g/mol. The summed E-state index contributed by atoms with van der Waals surface area (Å²) in [6.45, 7) is 4.78. The van der Waals surface area contributed by atoms with Crippen molar-refractivity contribution in [2.24, 2.45) is 0 Å². The Balaban J connectivity index is 1.86. The van der Waals surface area contributed by atoms with Crippen LogP contribution in [0.25, 0.3) is 0 Å². The number of fused-ring (bicyclic) bond motifs is 1. The van der Waals surface area contributed by atoms with E-state index >= 15 is 0 Å². The molecule has 2 aromatic rings. The van der Waals surface area contributed by atoms with E-state index in [1.54, 1.807) is 12.0 Å². The van der Waals surface area contributed by atoms with Gasteiger partial charge in [-0.05, 0) is 68.1 Å². The van der Waals surface area contributed by atoms with E-state index in [2.05, 4.69) is 19.9 Å². The van der Waals surface area contributed by atoms with Gasteiger partial charge in [-0.25, -0.2) is 0 Å². The van der Waals surface area contributed by atoms with Crippen molar-refractivity contribution in [3.05, 3.63) is 69.8 Å². The lowest BCUT2D eigenvalue weighted by atomic mass is 9.98. The molecule has 1 aliphatic rings. The molecule has 2 aromatic carbocycles. The van der Waals surface area contributed by atoms with Gasteiger partial charge in [-0.2, -0.15) is 0 Å². The van der Waals surface area contributed by atoms with Crippen molar-refractivity contribution >= 4 is 23.2 Å². The first-order valence-corrected chi connectivity index (χ1v) is 8.78. The lowest BCUT2D eigenvalue weighted by molar-refractivity contribution is 0.0980. The fourth-order valence-corrected chi connectivity index (χ4v) is 3.27. The molecule has 1 heterocycles. The van der Waals surface area contributed by atoms with Crippen molar-refractivity contribution in [1.82, 2.24) is 0 Å². The van der Waals surface area contributed by atoms with Gasteiger partial charge in [0.1, 0.15) is 5.75 Å². The second-order valence-corrected chi connectivity index (χ2v) is 6.90. The normalized spacial score (nSPS) is 13.4. The summed E-state index contributed by atoms with van der Waals surface area (Å²) in [6, 6.07) is 11.5. The van der Waals surface area contributed by atoms with Crippen LogP contribution in [0.1, 0.15) is 35.3 Å². The minimum absolute atomic E-state index is 0.0111. The molecule has 0 aromatic heterocycles. The van der Waals surface area contributed by atoms with Crippen LogP contribution in [0.5, 0.6) is 5.75 Å². The Bertz CT molecular complexity index is 838. The molecule has 3 rings (SSSR count). The lowest BCUT2D eigenvalue weighted by Crippen LogP contribution is -2.37. The molecule has 25 heavy (non-hydrogen) atoms. The third-order valence-corrected chi connectivity index (χ3v) is 4.82. The van der Waals surface area contributed by atoms with E-state index < -0.39 is 0 Å². The maximum Gasteiger partial charge on any atom is 0.258 e. The Morgan fingerprint density at radius 2 is 2.04 bits per heavy atom. The molecule has 0 fully saturated rings. The predicted octanol–water partition coefficient (Wildman–Crippen LogP) is 5.06. The summed E-state index contributed by atoms with van der Waals surface area (Å²) in [4.78, 5) is 14.7. The number of rotatable bonds is 4. The average Bonchev–Trinajstić information content (AvgIpc) is 2.60. The molecular formula is C21H22ClNO2. The highest BCUT2D eigenvalue weighted by molar-refractivity contribution is 6.31. The summed E-state index contributed by atoms with van der Waals surface area (Å²) in [5.74, 6) is 0.795. The quantitative estimate of drug-likeness (QED) is 0.717. The Morgan fingerprint density at radius 3 is 2.72 bits per heavy atom. The standard InChI is InChI=1S/C21H22ClNO2/c1-14(2)4-5-15-6-7-17(13-20(15)22)23-11-10-16-12-18(25-3)8-9-19(16)21(23)24/h4,6-9,12-13H,5,10-11H2,1-3H3. The zero-order chi connectivity index (χ0) is 18.0. The monoisotopic (exact) mass is 355 g/mol. The smallest absolute Gasteiger partial charge is 0.258 e. The van der Waals surface area contributed by atoms with Crippen molar-refractivity contribution in [2.45, 2.75) is 26.7 Å². The first kappa shape index (κ1) is 17.6. The first-order valence-electron chi connectivity index (χ1n) is 8.40. The largest absolute Gasteiger partial charge is 0.497 e. The van der Waals surface area contributed by atoms with Gasteiger partial charge in [0.2, 0.25) is 0 Å². The highest BCUT2D eigenvalue weighted by Crippen LogP contribution is 2.30. The Kier molecular flexibility index (Phi) is 5.14. The highest BCUT2D eigenvalue weighted by Gasteiger charge is 2.26. The summed E-state index contributed by atoms with van der Waals surface area (Å²) in [7, 11) is 1.64. The van der Waals surface area contributed by atoms with E-state index in [0.29, 0.717) is 11.6 Å². The van der Waals surface area contributed by atoms with Gasteiger partial charge in [0.15, 0.2) is 0 Å². The number of carbonyl (C=O) groups excluding carboxylic acids is 1. The van der Waals surface area contributed by atoms with Crippen molar-refractivity contribution in [1.29, 1.82) is 0 Å². The molecule has 0 atom stereocenters. The Labute approximate surface area is 153 Å². The number of carbonyl (C=O) groups is 1. The maximum absolute atomic E-state index is 12.9. The summed E-state index contributed by atoms with van der Waals surface area (Å²) < 4.78 is 5.25. The van der Waals surface area contributed by atoms with E-state index in [0.717, 1.165) is 41.0 Å². The van der Waals surface area contributed by atoms with E-state index in [4.69, 9.17) is 16.3 Å². The van der Waals surface area contributed by atoms with Crippen molar-refractivity contribution in [3.63, 3.8) is 0 Å². The number of nitrogens with zero attached hydrogens (tertiary/aromatic N) is 1. The van der Waals surface area contributed by atoms with Crippen LogP contribution in [0, 0.1) is 0 Å². The Hall–Kier alpha value is -2.26. The predicted molar refractivity (Wildman–Crippen MR) is 103 cm³/mol. The van der Waals surface area contributed by atoms with Crippen molar-refractivity contribution in [2.75, 3.05) is 18.6 Å². The molecule has 0 radical (unpaired) electrons. The minimum atomic E-state index is 0.0111. The number of ether oxygens (including phenoxy) is 1. The number of hydrogen-bond donors (Lipinski definition) is 0. The molecule has 4 heteroatoms. The highest BCUT2D eigenvalue weighted by atomic mass is 35.5. The molecule has 1 amide bonds. The van der Waals surface area contributed by atoms with E-state index in [9.17, 15) is 4.79 Å². The second-order valence-electron chi connectivity index (χ2n) is 6.49. The molecule has 3 nitrogen and oxygen atoms in total. The van der Waals surface area contributed by atoms with Gasteiger partial charge in [-0.3, -0.25) is 4.79 Å². The van der Waals surface area contributed by atoms with Crippen LogP contribution >= 0.6 is 11.6 Å². The molecule has 0 saturated carbocycles. The van der Waals surface area contributed by atoms with E-state index in [-0.39, 0.29) is 5.91 Å². The van der Waals surface area contributed by atoms with E-state index in [1.165, 1.54) is 5.57 Å². The lowest BCUT2D eigenvalue weighted by Gasteiger charge is -2.29. The van der Waals surface area contributed by atoms with Crippen LogP contribution in [-0.2, 0) is 12.8 Å². The summed E-state index contributed by atoms with van der Waals surface area (Å²) in [6.07, 6.45) is 3.75. The minimum Gasteiger partial charge on any atom is -0.497 e. The van der Waals surface area contributed by atoms with Crippen LogP contribution in [0.4, 0.5) is 5.69 Å². The number of allylic oxidation sites excluding steroid dienone is 2. The molecule has 0 spiro atoms. The molecule has 0 unspecified atom stereocenters. The molecule has 130 valence electrons. The van der Waals surface area contributed by atoms with Gasteiger partial charge in [0.25, 0.3) is 5.91 Å². The number of halogens is 1. The third-order valence-electron chi connectivity index (χ3n) is 4.47. The molecule has 1 aliphatic heterocycles. The van der Waals surface area contributed by atoms with Crippen LogP contribution in [-0.4, -0.2) is 19.6 Å². The second kappa shape index (κ2) is 7.32. The van der Waals surface area contributed by atoms with E-state index in [1.807, 2.05) is 36.4 Å². The number of amides is 1. The topological polar surface area (TPSA) is 29.5 Å². The number of methoxy groups -OCH3 is 1. The van der Waals surface area contributed by atoms with Crippen LogP contribution in [0.2, 0.25) is 5.02 Å². The maximum atomic E-state index is 12.9. The van der Waals surface area contributed by atoms with Crippen LogP contribution in [0.3, 0.4) is 0 Å². The number of anilines is 1. The number of hydrogen-bond acceptors (Lipinski definition) is 2. The fourth-order valence-electron chi connectivity index (χ4n) is 3.02.